The number of aryl methyl sites for hydroxylation is 2. The van der Waals surface area contributed by atoms with Crippen LogP contribution >= 0.6 is 0 Å². The van der Waals surface area contributed by atoms with Crippen molar-refractivity contribution in [2.24, 2.45) is 0 Å². The van der Waals surface area contributed by atoms with E-state index < -0.39 is 0 Å². The van der Waals surface area contributed by atoms with Gasteiger partial charge in [0.2, 0.25) is 0 Å². The molecule has 1 aromatic heterocycles. The summed E-state index contributed by atoms with van der Waals surface area (Å²) in [7, 11) is 0. The van der Waals surface area contributed by atoms with Crippen molar-refractivity contribution >= 4 is 0 Å². The van der Waals surface area contributed by atoms with Crippen LogP contribution in [0.1, 0.15) is 57.1 Å². The summed E-state index contributed by atoms with van der Waals surface area (Å²) in [4.78, 5) is 9.27. The molecule has 1 aromatic rings. The summed E-state index contributed by atoms with van der Waals surface area (Å²) in [5.74, 6) is 1.02. The number of rotatable bonds is 2. The fourth-order valence-corrected chi connectivity index (χ4v) is 1.96. The summed E-state index contributed by atoms with van der Waals surface area (Å²) >= 11 is 0. The second kappa shape index (κ2) is 3.92. The minimum absolute atomic E-state index is 0.118. The Morgan fingerprint density at radius 3 is 2.73 bits per heavy atom. The van der Waals surface area contributed by atoms with E-state index in [1.54, 1.807) is 0 Å². The topological polar surface area (TPSA) is 25.8 Å². The predicted octanol–water partition coefficient (Wildman–Crippen LogP) is 3.04. The van der Waals surface area contributed by atoms with Crippen LogP contribution in [0.15, 0.2) is 6.20 Å². The summed E-state index contributed by atoms with van der Waals surface area (Å²) in [6, 6.07) is 0. The second-order valence-corrected chi connectivity index (χ2v) is 5.11. The Morgan fingerprint density at radius 1 is 1.27 bits per heavy atom. The van der Waals surface area contributed by atoms with Crippen LogP contribution in [0.4, 0.5) is 0 Å². The largest absolute Gasteiger partial charge is 0.240 e. The van der Waals surface area contributed by atoms with Gasteiger partial charge in [-0.2, -0.15) is 0 Å². The Hall–Kier alpha value is -0.920. The molecule has 0 fully saturated rings. The molecule has 0 unspecified atom stereocenters. The summed E-state index contributed by atoms with van der Waals surface area (Å²) in [5.41, 5.74) is 2.79. The third-order valence-corrected chi connectivity index (χ3v) is 3.55. The molecule has 0 aliphatic heterocycles. The number of hydrogen-bond acceptors (Lipinski definition) is 2. The molecule has 0 spiro atoms. The van der Waals surface area contributed by atoms with E-state index in [0.717, 1.165) is 18.7 Å². The van der Waals surface area contributed by atoms with Crippen LogP contribution in [0.5, 0.6) is 0 Å². The van der Waals surface area contributed by atoms with Gasteiger partial charge >= 0.3 is 0 Å². The molecular formula is C13H20N2. The van der Waals surface area contributed by atoms with Crippen LogP contribution in [0, 0.1) is 0 Å². The molecule has 0 aromatic carbocycles. The maximum atomic E-state index is 4.74. The third kappa shape index (κ3) is 2.04. The first kappa shape index (κ1) is 10.6. The van der Waals surface area contributed by atoms with Gasteiger partial charge in [0, 0.05) is 17.3 Å². The summed E-state index contributed by atoms with van der Waals surface area (Å²) in [6.07, 6.45) is 8.04. The molecule has 1 aliphatic rings. The van der Waals surface area contributed by atoms with Crippen molar-refractivity contribution in [2.75, 3.05) is 0 Å². The van der Waals surface area contributed by atoms with Crippen molar-refractivity contribution in [3.05, 3.63) is 23.3 Å². The van der Waals surface area contributed by atoms with Gasteiger partial charge in [0.25, 0.3) is 0 Å². The van der Waals surface area contributed by atoms with Gasteiger partial charge in [0.15, 0.2) is 0 Å². The van der Waals surface area contributed by atoms with E-state index in [4.69, 9.17) is 4.98 Å². The molecule has 15 heavy (non-hydrogen) atoms. The number of fused-ring (bicyclic) bond motifs is 1. The standard InChI is InChI=1S/C13H20N2/c1-4-13(2,3)12-14-9-10-7-5-6-8-11(10)15-12/h9H,4-8H2,1-3H3. The average Bonchev–Trinajstić information content (AvgIpc) is 2.28. The fraction of sp³-hybridized carbons (Fsp3) is 0.692. The van der Waals surface area contributed by atoms with E-state index in [-0.39, 0.29) is 5.41 Å². The molecule has 2 nitrogen and oxygen atoms in total. The number of hydrogen-bond donors (Lipinski definition) is 0. The van der Waals surface area contributed by atoms with E-state index in [1.807, 2.05) is 6.20 Å². The van der Waals surface area contributed by atoms with Gasteiger partial charge in [-0.05, 0) is 37.7 Å². The smallest absolute Gasteiger partial charge is 0.134 e. The van der Waals surface area contributed by atoms with E-state index in [1.165, 1.54) is 30.5 Å². The lowest BCUT2D eigenvalue weighted by molar-refractivity contribution is 0.466. The maximum absolute atomic E-state index is 4.74. The van der Waals surface area contributed by atoms with Gasteiger partial charge in [-0.3, -0.25) is 0 Å². The summed E-state index contributed by atoms with van der Waals surface area (Å²) in [6.45, 7) is 6.64. The SMILES string of the molecule is CCC(C)(C)c1ncc2c(n1)CCCC2. The van der Waals surface area contributed by atoms with Gasteiger partial charge in [0.1, 0.15) is 5.82 Å². The highest BCUT2D eigenvalue weighted by Crippen LogP contribution is 2.26. The minimum Gasteiger partial charge on any atom is -0.240 e. The highest BCUT2D eigenvalue weighted by Gasteiger charge is 2.23. The predicted molar refractivity (Wildman–Crippen MR) is 62.0 cm³/mol. The third-order valence-electron chi connectivity index (χ3n) is 3.55. The van der Waals surface area contributed by atoms with Gasteiger partial charge in [-0.15, -0.1) is 0 Å². The Balaban J connectivity index is 2.36. The van der Waals surface area contributed by atoms with E-state index in [9.17, 15) is 0 Å². The molecule has 0 bridgehead atoms. The Morgan fingerprint density at radius 2 is 2.00 bits per heavy atom. The van der Waals surface area contributed by atoms with Gasteiger partial charge in [0.05, 0.1) is 0 Å². The zero-order valence-electron chi connectivity index (χ0n) is 10.0. The second-order valence-electron chi connectivity index (χ2n) is 5.11. The molecule has 0 radical (unpaired) electrons. The molecular weight excluding hydrogens is 184 g/mol. The molecule has 1 aliphatic carbocycles. The van der Waals surface area contributed by atoms with Crippen LogP contribution in [0.3, 0.4) is 0 Å². The molecule has 2 heteroatoms. The molecule has 1 heterocycles. The van der Waals surface area contributed by atoms with Crippen LogP contribution in [0.2, 0.25) is 0 Å². The molecule has 0 atom stereocenters. The van der Waals surface area contributed by atoms with Gasteiger partial charge < -0.3 is 0 Å². The first-order valence-corrected chi connectivity index (χ1v) is 5.99. The fourth-order valence-electron chi connectivity index (χ4n) is 1.96. The monoisotopic (exact) mass is 204 g/mol. The molecule has 0 saturated heterocycles. The number of aromatic nitrogens is 2. The highest BCUT2D eigenvalue weighted by atomic mass is 14.9. The average molecular weight is 204 g/mol. The van der Waals surface area contributed by atoms with Crippen LogP contribution < -0.4 is 0 Å². The van der Waals surface area contributed by atoms with Crippen LogP contribution in [-0.4, -0.2) is 9.97 Å². The normalized spacial score (nSPS) is 16.2. The van der Waals surface area contributed by atoms with Crippen molar-refractivity contribution in [3.63, 3.8) is 0 Å². The quantitative estimate of drug-likeness (QED) is 0.740. The van der Waals surface area contributed by atoms with E-state index in [2.05, 4.69) is 25.8 Å². The number of nitrogens with zero attached hydrogens (tertiary/aromatic N) is 2. The molecule has 0 saturated carbocycles. The zero-order valence-corrected chi connectivity index (χ0v) is 10.0. The first-order chi connectivity index (χ1) is 7.13. The zero-order chi connectivity index (χ0) is 10.9. The molecule has 0 N–H and O–H groups in total. The minimum atomic E-state index is 0.118. The van der Waals surface area contributed by atoms with Crippen molar-refractivity contribution < 1.29 is 0 Å². The Bertz CT molecular complexity index is 356. The van der Waals surface area contributed by atoms with E-state index in [0.29, 0.717) is 0 Å². The lowest BCUT2D eigenvalue weighted by Crippen LogP contribution is -2.21. The first-order valence-electron chi connectivity index (χ1n) is 5.99. The molecule has 82 valence electrons. The molecule has 0 amide bonds. The van der Waals surface area contributed by atoms with Crippen molar-refractivity contribution in [2.45, 2.75) is 58.3 Å². The Kier molecular flexibility index (Phi) is 2.76. The summed E-state index contributed by atoms with van der Waals surface area (Å²) < 4.78 is 0. The summed E-state index contributed by atoms with van der Waals surface area (Å²) in [5, 5.41) is 0. The Labute approximate surface area is 92.1 Å². The van der Waals surface area contributed by atoms with Crippen molar-refractivity contribution in [1.29, 1.82) is 0 Å². The lowest BCUT2D eigenvalue weighted by atomic mass is 9.88. The molecule has 2 rings (SSSR count). The van der Waals surface area contributed by atoms with Crippen LogP contribution in [-0.2, 0) is 18.3 Å². The van der Waals surface area contributed by atoms with Crippen molar-refractivity contribution in [1.82, 2.24) is 9.97 Å². The lowest BCUT2D eigenvalue weighted by Gasteiger charge is -2.23. The van der Waals surface area contributed by atoms with Crippen LogP contribution in [0.25, 0.3) is 0 Å². The van der Waals surface area contributed by atoms with E-state index >= 15 is 0 Å². The highest BCUT2D eigenvalue weighted by molar-refractivity contribution is 5.22. The maximum Gasteiger partial charge on any atom is 0.134 e. The van der Waals surface area contributed by atoms with Gasteiger partial charge in [-0.1, -0.05) is 20.8 Å². The van der Waals surface area contributed by atoms with Crippen molar-refractivity contribution in [3.8, 4) is 0 Å². The van der Waals surface area contributed by atoms with Gasteiger partial charge in [-0.25, -0.2) is 9.97 Å².